The van der Waals surface area contributed by atoms with Gasteiger partial charge in [-0.25, -0.2) is 0 Å². The first-order valence-corrected chi connectivity index (χ1v) is 6.76. The van der Waals surface area contributed by atoms with Crippen LogP contribution in [0.4, 0.5) is 0 Å². The van der Waals surface area contributed by atoms with Gasteiger partial charge in [-0.15, -0.1) is 0 Å². The fourth-order valence-electron chi connectivity index (χ4n) is 2.08. The third-order valence-corrected chi connectivity index (χ3v) is 3.55. The smallest absolute Gasteiger partial charge is 0.173 e. The number of hydrogen-bond acceptors (Lipinski definition) is 5. The van der Waals surface area contributed by atoms with Crippen molar-refractivity contribution in [2.75, 3.05) is 14.2 Å². The molecule has 0 spiro atoms. The van der Waals surface area contributed by atoms with Crippen LogP contribution in [0, 0.1) is 0 Å². The molecular weight excluding hydrogens is 268 g/mol. The van der Waals surface area contributed by atoms with Gasteiger partial charge in [-0.3, -0.25) is 16.0 Å². The normalized spacial score (nSPS) is 13.2. The van der Waals surface area contributed by atoms with E-state index in [1.54, 1.807) is 14.2 Å². The van der Waals surface area contributed by atoms with Crippen LogP contribution in [0.3, 0.4) is 0 Å². The summed E-state index contributed by atoms with van der Waals surface area (Å²) >= 11 is 6.37. The minimum absolute atomic E-state index is 0.195. The summed E-state index contributed by atoms with van der Waals surface area (Å²) in [6.45, 7) is 4.82. The Balaban J connectivity index is 2.98. The molecule has 0 amide bonds. The second-order valence-corrected chi connectivity index (χ2v) is 4.57. The predicted molar refractivity (Wildman–Crippen MR) is 74.9 cm³/mol. The van der Waals surface area contributed by atoms with Crippen molar-refractivity contribution >= 4 is 11.6 Å². The average molecular weight is 291 g/mol. The van der Waals surface area contributed by atoms with Gasteiger partial charge in [-0.05, 0) is 13.3 Å². The standard InChI is InChI=1S/C12H23ClN4O2/c1-5-8-11(13)10(17(6-2)16-8)7-9(15-14)12(18-3)19-4/h9,12,15H,5-7,14H2,1-4H3. The Morgan fingerprint density at radius 2 is 2.00 bits per heavy atom. The average Bonchev–Trinajstić information content (AvgIpc) is 2.74. The van der Waals surface area contributed by atoms with Crippen LogP contribution in [-0.2, 0) is 28.9 Å². The van der Waals surface area contributed by atoms with Gasteiger partial charge in [-0.2, -0.15) is 5.10 Å². The Bertz CT molecular complexity index is 393. The zero-order valence-electron chi connectivity index (χ0n) is 11.9. The highest BCUT2D eigenvalue weighted by Crippen LogP contribution is 2.23. The molecule has 0 aliphatic rings. The molecule has 1 rings (SSSR count). The van der Waals surface area contributed by atoms with Crippen molar-refractivity contribution in [1.82, 2.24) is 15.2 Å². The van der Waals surface area contributed by atoms with Crippen LogP contribution in [0.2, 0.25) is 5.02 Å². The van der Waals surface area contributed by atoms with Crippen molar-refractivity contribution in [2.24, 2.45) is 5.84 Å². The van der Waals surface area contributed by atoms with E-state index in [0.29, 0.717) is 11.4 Å². The van der Waals surface area contributed by atoms with Gasteiger partial charge in [0.25, 0.3) is 0 Å². The number of halogens is 1. The summed E-state index contributed by atoms with van der Waals surface area (Å²) < 4.78 is 12.4. The molecule has 0 radical (unpaired) electrons. The highest BCUT2D eigenvalue weighted by atomic mass is 35.5. The third-order valence-electron chi connectivity index (χ3n) is 3.11. The molecule has 19 heavy (non-hydrogen) atoms. The topological polar surface area (TPSA) is 74.3 Å². The maximum absolute atomic E-state index is 6.37. The predicted octanol–water partition coefficient (Wildman–Crippen LogP) is 1.11. The molecule has 0 bridgehead atoms. The Morgan fingerprint density at radius 1 is 1.37 bits per heavy atom. The second-order valence-electron chi connectivity index (χ2n) is 4.19. The van der Waals surface area contributed by atoms with Gasteiger partial charge < -0.3 is 9.47 Å². The molecule has 0 aliphatic heterocycles. The van der Waals surface area contributed by atoms with Gasteiger partial charge >= 0.3 is 0 Å². The SMILES string of the molecule is CCc1nn(CC)c(CC(NN)C(OC)OC)c1Cl. The molecular formula is C12H23ClN4O2. The molecule has 1 atom stereocenters. The first kappa shape index (κ1) is 16.4. The van der Waals surface area contributed by atoms with Crippen LogP contribution < -0.4 is 11.3 Å². The van der Waals surface area contributed by atoms with Crippen LogP contribution in [0.25, 0.3) is 0 Å². The van der Waals surface area contributed by atoms with Gasteiger partial charge in [0.05, 0.1) is 22.5 Å². The van der Waals surface area contributed by atoms with Gasteiger partial charge in [0.1, 0.15) is 0 Å². The maximum Gasteiger partial charge on any atom is 0.173 e. The first-order valence-electron chi connectivity index (χ1n) is 6.38. The van der Waals surface area contributed by atoms with Crippen LogP contribution in [0.1, 0.15) is 25.2 Å². The Hall–Kier alpha value is -0.660. The van der Waals surface area contributed by atoms with E-state index in [-0.39, 0.29) is 6.04 Å². The molecule has 0 fully saturated rings. The molecule has 3 N–H and O–H groups in total. The maximum atomic E-state index is 6.37. The number of hydrazine groups is 1. The number of rotatable bonds is 8. The molecule has 1 aromatic rings. The minimum Gasteiger partial charge on any atom is -0.354 e. The number of nitrogens with zero attached hydrogens (tertiary/aromatic N) is 2. The molecule has 0 saturated carbocycles. The summed E-state index contributed by atoms with van der Waals surface area (Å²) in [6.07, 6.45) is 0.950. The molecule has 7 heteroatoms. The van der Waals surface area contributed by atoms with E-state index < -0.39 is 6.29 Å². The van der Waals surface area contributed by atoms with Crippen molar-refractivity contribution in [2.45, 2.75) is 45.6 Å². The van der Waals surface area contributed by atoms with E-state index in [2.05, 4.69) is 10.5 Å². The Kier molecular flexibility index (Phi) is 6.74. The van der Waals surface area contributed by atoms with E-state index in [0.717, 1.165) is 24.4 Å². The molecule has 1 aromatic heterocycles. The lowest BCUT2D eigenvalue weighted by Crippen LogP contribution is -2.47. The molecule has 0 aromatic carbocycles. The first-order chi connectivity index (χ1) is 9.12. The Morgan fingerprint density at radius 3 is 2.42 bits per heavy atom. The summed E-state index contributed by atoms with van der Waals surface area (Å²) in [5.41, 5.74) is 4.56. The van der Waals surface area contributed by atoms with E-state index in [1.165, 1.54) is 0 Å². The lowest BCUT2D eigenvalue weighted by atomic mass is 10.1. The number of nitrogens with one attached hydrogen (secondary N) is 1. The number of methoxy groups -OCH3 is 2. The van der Waals surface area contributed by atoms with E-state index in [4.69, 9.17) is 26.9 Å². The lowest BCUT2D eigenvalue weighted by Gasteiger charge is -2.24. The minimum atomic E-state index is -0.439. The largest absolute Gasteiger partial charge is 0.354 e. The second kappa shape index (κ2) is 7.81. The fourth-order valence-corrected chi connectivity index (χ4v) is 2.43. The summed E-state index contributed by atoms with van der Waals surface area (Å²) in [4.78, 5) is 0. The molecule has 6 nitrogen and oxygen atoms in total. The molecule has 0 saturated heterocycles. The molecule has 1 unspecified atom stereocenters. The van der Waals surface area contributed by atoms with Crippen molar-refractivity contribution in [3.05, 3.63) is 16.4 Å². The third kappa shape index (κ3) is 3.67. The van der Waals surface area contributed by atoms with E-state index in [1.807, 2.05) is 18.5 Å². The van der Waals surface area contributed by atoms with Gasteiger partial charge in [-0.1, -0.05) is 18.5 Å². The van der Waals surface area contributed by atoms with Gasteiger partial charge in [0, 0.05) is 27.2 Å². The Labute approximate surface area is 119 Å². The highest BCUT2D eigenvalue weighted by Gasteiger charge is 2.24. The van der Waals surface area contributed by atoms with Crippen molar-refractivity contribution in [3.63, 3.8) is 0 Å². The summed E-state index contributed by atoms with van der Waals surface area (Å²) in [5.74, 6) is 5.57. The van der Waals surface area contributed by atoms with Crippen molar-refractivity contribution < 1.29 is 9.47 Å². The lowest BCUT2D eigenvalue weighted by molar-refractivity contribution is -0.122. The quantitative estimate of drug-likeness (QED) is 0.426. The monoisotopic (exact) mass is 290 g/mol. The van der Waals surface area contributed by atoms with Crippen LogP contribution in [-0.4, -0.2) is 36.3 Å². The fraction of sp³-hybridized carbons (Fsp3) is 0.750. The molecule has 110 valence electrons. The number of hydrogen-bond donors (Lipinski definition) is 2. The van der Waals surface area contributed by atoms with Crippen LogP contribution >= 0.6 is 11.6 Å². The van der Waals surface area contributed by atoms with Crippen LogP contribution in [0.5, 0.6) is 0 Å². The number of aryl methyl sites for hydroxylation is 2. The summed E-state index contributed by atoms with van der Waals surface area (Å²) in [7, 11) is 3.16. The van der Waals surface area contributed by atoms with Crippen molar-refractivity contribution in [1.29, 1.82) is 0 Å². The van der Waals surface area contributed by atoms with Crippen molar-refractivity contribution in [3.8, 4) is 0 Å². The number of aromatic nitrogens is 2. The summed E-state index contributed by atoms with van der Waals surface area (Å²) in [5, 5.41) is 5.18. The van der Waals surface area contributed by atoms with E-state index in [9.17, 15) is 0 Å². The summed E-state index contributed by atoms with van der Waals surface area (Å²) in [6, 6.07) is -0.195. The highest BCUT2D eigenvalue weighted by molar-refractivity contribution is 6.31. The van der Waals surface area contributed by atoms with Gasteiger partial charge in [0.2, 0.25) is 0 Å². The molecule has 1 heterocycles. The van der Waals surface area contributed by atoms with Crippen LogP contribution in [0.15, 0.2) is 0 Å². The molecule has 0 aliphatic carbocycles. The zero-order chi connectivity index (χ0) is 14.4. The zero-order valence-corrected chi connectivity index (χ0v) is 12.7. The number of nitrogens with two attached hydrogens (primary N) is 1. The van der Waals surface area contributed by atoms with Gasteiger partial charge in [0.15, 0.2) is 6.29 Å². The van der Waals surface area contributed by atoms with E-state index >= 15 is 0 Å². The number of ether oxygens (including phenoxy) is 2.